The van der Waals surface area contributed by atoms with E-state index in [1.807, 2.05) is 0 Å². The molecule has 0 spiro atoms. The Kier molecular flexibility index (Phi) is 2.35. The molecule has 0 fully saturated rings. The summed E-state index contributed by atoms with van der Waals surface area (Å²) >= 11 is 3.24. The van der Waals surface area contributed by atoms with Crippen molar-refractivity contribution in [2.75, 3.05) is 5.43 Å². The van der Waals surface area contributed by atoms with Crippen LogP contribution in [0.5, 0.6) is 0 Å². The van der Waals surface area contributed by atoms with Crippen molar-refractivity contribution >= 4 is 32.5 Å². The molecule has 0 atom stereocenters. The Balaban J connectivity index is 2.86. The van der Waals surface area contributed by atoms with Crippen LogP contribution in [0.25, 0.3) is 10.9 Å². The van der Waals surface area contributed by atoms with Gasteiger partial charge in [-0.3, -0.25) is 10.8 Å². The van der Waals surface area contributed by atoms with Crippen molar-refractivity contribution in [2.45, 2.75) is 0 Å². The normalized spacial score (nSPS) is 10.5. The molecule has 0 saturated heterocycles. The smallest absolute Gasteiger partial charge is 0.125 e. The number of halogens is 2. The molecule has 72 valence electrons. The number of hydrazine groups is 1. The fraction of sp³-hybridized carbons (Fsp3) is 0. The summed E-state index contributed by atoms with van der Waals surface area (Å²) in [6, 6.07) is 4.45. The highest BCUT2D eigenvalue weighted by atomic mass is 79.9. The zero-order chi connectivity index (χ0) is 10.1. The van der Waals surface area contributed by atoms with Crippen LogP contribution in [0.4, 0.5) is 10.1 Å². The molecule has 2 aromatic rings. The third-order valence-corrected chi connectivity index (χ3v) is 2.52. The topological polar surface area (TPSA) is 50.9 Å². The van der Waals surface area contributed by atoms with Gasteiger partial charge in [0.05, 0.1) is 11.2 Å². The van der Waals surface area contributed by atoms with E-state index in [1.54, 1.807) is 12.3 Å². The standard InChI is InChI=1S/C9H7BrFN3/c10-7-4-5(11)3-6-8(14-12)1-2-13-9(6)7/h1-4H,12H2,(H,13,14). The Morgan fingerprint density at radius 3 is 2.93 bits per heavy atom. The molecule has 0 saturated carbocycles. The van der Waals surface area contributed by atoms with E-state index in [4.69, 9.17) is 5.84 Å². The van der Waals surface area contributed by atoms with Crippen molar-refractivity contribution in [3.8, 4) is 0 Å². The average molecular weight is 256 g/mol. The van der Waals surface area contributed by atoms with Gasteiger partial charge >= 0.3 is 0 Å². The number of benzene rings is 1. The number of pyridine rings is 1. The van der Waals surface area contributed by atoms with E-state index < -0.39 is 0 Å². The molecule has 0 radical (unpaired) electrons. The highest BCUT2D eigenvalue weighted by molar-refractivity contribution is 9.10. The zero-order valence-corrected chi connectivity index (χ0v) is 8.68. The SMILES string of the molecule is NNc1ccnc2c(Br)cc(F)cc12. The second-order valence-corrected chi connectivity index (χ2v) is 3.64. The van der Waals surface area contributed by atoms with Crippen LogP contribution in [0.1, 0.15) is 0 Å². The Labute approximate surface area is 88.2 Å². The van der Waals surface area contributed by atoms with Gasteiger partial charge in [0, 0.05) is 16.1 Å². The fourth-order valence-electron chi connectivity index (χ4n) is 1.30. The van der Waals surface area contributed by atoms with Crippen LogP contribution in [0.15, 0.2) is 28.9 Å². The average Bonchev–Trinajstić information content (AvgIpc) is 2.17. The van der Waals surface area contributed by atoms with E-state index in [-0.39, 0.29) is 5.82 Å². The van der Waals surface area contributed by atoms with Gasteiger partial charge in [-0.15, -0.1) is 0 Å². The first-order valence-corrected chi connectivity index (χ1v) is 4.72. The summed E-state index contributed by atoms with van der Waals surface area (Å²) in [5.74, 6) is 4.98. The summed E-state index contributed by atoms with van der Waals surface area (Å²) in [6.07, 6.45) is 1.61. The molecule has 0 unspecified atom stereocenters. The van der Waals surface area contributed by atoms with Crippen LogP contribution in [0, 0.1) is 5.82 Å². The lowest BCUT2D eigenvalue weighted by atomic mass is 10.2. The number of hydrogen-bond donors (Lipinski definition) is 2. The van der Waals surface area contributed by atoms with Crippen LogP contribution >= 0.6 is 15.9 Å². The largest absolute Gasteiger partial charge is 0.323 e. The fourth-order valence-corrected chi connectivity index (χ4v) is 1.84. The minimum Gasteiger partial charge on any atom is -0.323 e. The maximum atomic E-state index is 13.1. The number of aromatic nitrogens is 1. The number of rotatable bonds is 1. The Morgan fingerprint density at radius 1 is 1.43 bits per heavy atom. The van der Waals surface area contributed by atoms with Crippen molar-refractivity contribution in [2.24, 2.45) is 5.84 Å². The van der Waals surface area contributed by atoms with Gasteiger partial charge in [-0.2, -0.15) is 0 Å². The van der Waals surface area contributed by atoms with Crippen LogP contribution < -0.4 is 11.3 Å². The molecular formula is C9H7BrFN3. The molecule has 0 bridgehead atoms. The molecule has 14 heavy (non-hydrogen) atoms. The van der Waals surface area contributed by atoms with E-state index in [0.29, 0.717) is 21.1 Å². The summed E-state index contributed by atoms with van der Waals surface area (Å²) in [5, 5.41) is 0.655. The summed E-state index contributed by atoms with van der Waals surface area (Å²) in [6.45, 7) is 0. The number of fused-ring (bicyclic) bond motifs is 1. The zero-order valence-electron chi connectivity index (χ0n) is 7.09. The summed E-state index contributed by atoms with van der Waals surface area (Å²) in [7, 11) is 0. The van der Waals surface area contributed by atoms with Gasteiger partial charge in [0.25, 0.3) is 0 Å². The van der Waals surface area contributed by atoms with Gasteiger partial charge in [-0.25, -0.2) is 4.39 Å². The first-order valence-electron chi connectivity index (χ1n) is 3.93. The Morgan fingerprint density at radius 2 is 2.21 bits per heavy atom. The predicted octanol–water partition coefficient (Wildman–Crippen LogP) is 2.42. The lowest BCUT2D eigenvalue weighted by Gasteiger charge is -2.05. The molecular weight excluding hydrogens is 249 g/mol. The molecule has 0 aliphatic rings. The molecule has 0 aliphatic carbocycles. The molecule has 5 heteroatoms. The second-order valence-electron chi connectivity index (χ2n) is 2.79. The van der Waals surface area contributed by atoms with Crippen LogP contribution in [0.3, 0.4) is 0 Å². The summed E-state index contributed by atoms with van der Waals surface area (Å²) in [4.78, 5) is 4.12. The van der Waals surface area contributed by atoms with Crippen molar-refractivity contribution in [3.63, 3.8) is 0 Å². The van der Waals surface area contributed by atoms with Crippen LogP contribution in [-0.4, -0.2) is 4.98 Å². The van der Waals surface area contributed by atoms with E-state index in [2.05, 4.69) is 26.3 Å². The van der Waals surface area contributed by atoms with Gasteiger partial charge < -0.3 is 5.43 Å². The monoisotopic (exact) mass is 255 g/mol. The van der Waals surface area contributed by atoms with E-state index in [0.717, 1.165) is 0 Å². The summed E-state index contributed by atoms with van der Waals surface area (Å²) < 4.78 is 13.7. The highest BCUT2D eigenvalue weighted by Crippen LogP contribution is 2.28. The van der Waals surface area contributed by atoms with E-state index in [1.165, 1.54) is 12.1 Å². The van der Waals surface area contributed by atoms with Crippen LogP contribution in [0.2, 0.25) is 0 Å². The van der Waals surface area contributed by atoms with Crippen LogP contribution in [-0.2, 0) is 0 Å². The number of anilines is 1. The molecule has 1 aromatic heterocycles. The molecule has 0 amide bonds. The predicted molar refractivity (Wildman–Crippen MR) is 57.2 cm³/mol. The first-order chi connectivity index (χ1) is 6.72. The third kappa shape index (κ3) is 1.44. The van der Waals surface area contributed by atoms with Gasteiger partial charge in [-0.1, -0.05) is 0 Å². The van der Waals surface area contributed by atoms with Crippen molar-refractivity contribution in [1.82, 2.24) is 4.98 Å². The quantitative estimate of drug-likeness (QED) is 0.608. The van der Waals surface area contributed by atoms with E-state index in [9.17, 15) is 4.39 Å². The maximum absolute atomic E-state index is 13.1. The van der Waals surface area contributed by atoms with Gasteiger partial charge in [0.1, 0.15) is 5.82 Å². The molecule has 0 aliphatic heterocycles. The summed E-state index contributed by atoms with van der Waals surface area (Å²) in [5.41, 5.74) is 3.83. The van der Waals surface area contributed by atoms with Gasteiger partial charge in [0.15, 0.2) is 0 Å². The lowest BCUT2D eigenvalue weighted by Crippen LogP contribution is -2.07. The molecule has 3 nitrogen and oxygen atoms in total. The number of nitrogens with one attached hydrogen (secondary N) is 1. The minimum absolute atomic E-state index is 0.325. The third-order valence-electron chi connectivity index (χ3n) is 1.92. The molecule has 1 heterocycles. The number of nitrogen functional groups attached to an aromatic ring is 1. The van der Waals surface area contributed by atoms with Crippen molar-refractivity contribution in [1.29, 1.82) is 0 Å². The highest BCUT2D eigenvalue weighted by Gasteiger charge is 2.06. The first kappa shape index (κ1) is 9.36. The van der Waals surface area contributed by atoms with Crippen molar-refractivity contribution in [3.05, 3.63) is 34.7 Å². The molecule has 2 rings (SSSR count). The Bertz CT molecular complexity index is 487. The number of nitrogens with zero attached hydrogens (tertiary/aromatic N) is 1. The minimum atomic E-state index is -0.325. The Hall–Kier alpha value is -1.20. The van der Waals surface area contributed by atoms with Crippen molar-refractivity contribution < 1.29 is 4.39 Å². The number of nitrogens with two attached hydrogens (primary N) is 1. The molecule has 1 aromatic carbocycles. The second kappa shape index (κ2) is 3.51. The van der Waals surface area contributed by atoms with Gasteiger partial charge in [-0.05, 0) is 34.1 Å². The lowest BCUT2D eigenvalue weighted by molar-refractivity contribution is 0.629. The molecule has 3 N–H and O–H groups in total. The van der Waals surface area contributed by atoms with Gasteiger partial charge in [0.2, 0.25) is 0 Å². The van der Waals surface area contributed by atoms with E-state index >= 15 is 0 Å². The number of hydrogen-bond acceptors (Lipinski definition) is 3. The maximum Gasteiger partial charge on any atom is 0.125 e.